The van der Waals surface area contributed by atoms with Crippen molar-refractivity contribution in [2.75, 3.05) is 17.3 Å². The Morgan fingerprint density at radius 2 is 1.68 bits per heavy atom. The molecule has 2 aliphatic heterocycles. The molecule has 0 radical (unpaired) electrons. The van der Waals surface area contributed by atoms with Crippen molar-refractivity contribution in [2.45, 2.75) is 29.7 Å². The predicted octanol–water partition coefficient (Wildman–Crippen LogP) is 5.31. The number of para-hydroxylation sites is 1. The van der Waals surface area contributed by atoms with Crippen LogP contribution in [0.15, 0.2) is 82.6 Å². The molecule has 1 saturated heterocycles. The van der Waals surface area contributed by atoms with Crippen LogP contribution in [-0.4, -0.2) is 34.6 Å². The third kappa shape index (κ3) is 4.86. The van der Waals surface area contributed by atoms with Crippen molar-refractivity contribution >= 4 is 63.8 Å². The molecule has 0 spiro atoms. The number of imide groups is 1. The molecule has 3 amide bonds. The first-order chi connectivity index (χ1) is 19.8. The van der Waals surface area contributed by atoms with Crippen molar-refractivity contribution in [3.05, 3.63) is 103 Å². The zero-order valence-electron chi connectivity index (χ0n) is 22.0. The SMILES string of the molecule is COc1ccccc1[C@@H]1c2sc(=O)n(CC(=O)Nc3ccc(C)cc3)c2S[C@H]2C(=O)N(c3ccc(Cl)cc3)C(=O)[C@@H]12. The largest absolute Gasteiger partial charge is 0.496 e. The number of amides is 3. The molecule has 2 aliphatic rings. The molecule has 1 N–H and O–H groups in total. The molecule has 41 heavy (non-hydrogen) atoms. The number of nitrogens with one attached hydrogen (secondary N) is 1. The molecule has 3 atom stereocenters. The minimum atomic E-state index is -0.805. The van der Waals surface area contributed by atoms with E-state index in [0.29, 0.717) is 37.6 Å². The first kappa shape index (κ1) is 27.3. The average molecular weight is 606 g/mol. The summed E-state index contributed by atoms with van der Waals surface area (Å²) in [5.41, 5.74) is 2.80. The third-order valence-corrected chi connectivity index (χ3v) is 10.1. The van der Waals surface area contributed by atoms with E-state index in [9.17, 15) is 19.2 Å². The van der Waals surface area contributed by atoms with Crippen molar-refractivity contribution < 1.29 is 19.1 Å². The lowest BCUT2D eigenvalue weighted by Gasteiger charge is -2.31. The van der Waals surface area contributed by atoms with Gasteiger partial charge in [-0.1, -0.05) is 70.6 Å². The zero-order valence-corrected chi connectivity index (χ0v) is 24.4. The molecular weight excluding hydrogens is 582 g/mol. The first-order valence-electron chi connectivity index (χ1n) is 12.8. The number of ether oxygens (including phenoxy) is 1. The summed E-state index contributed by atoms with van der Waals surface area (Å²) in [5.74, 6) is -1.97. The van der Waals surface area contributed by atoms with Crippen LogP contribution in [0.3, 0.4) is 0 Å². The van der Waals surface area contributed by atoms with Crippen molar-refractivity contribution in [1.29, 1.82) is 0 Å². The van der Waals surface area contributed by atoms with Gasteiger partial charge in [0.25, 0.3) is 0 Å². The summed E-state index contributed by atoms with van der Waals surface area (Å²) < 4.78 is 7.05. The number of fused-ring (bicyclic) bond motifs is 2. The maximum atomic E-state index is 14.0. The van der Waals surface area contributed by atoms with E-state index in [-0.39, 0.29) is 29.1 Å². The van der Waals surface area contributed by atoms with Crippen molar-refractivity contribution in [3.63, 3.8) is 0 Å². The highest BCUT2D eigenvalue weighted by molar-refractivity contribution is 8.00. The lowest BCUT2D eigenvalue weighted by Crippen LogP contribution is -2.33. The Balaban J connectivity index is 1.43. The van der Waals surface area contributed by atoms with Gasteiger partial charge in [-0.05, 0) is 49.4 Å². The number of nitrogens with zero attached hydrogens (tertiary/aromatic N) is 2. The van der Waals surface area contributed by atoms with E-state index in [1.165, 1.54) is 21.2 Å². The zero-order chi connectivity index (χ0) is 28.8. The number of carbonyl (C=O) groups is 3. The van der Waals surface area contributed by atoms with Crippen LogP contribution in [0, 0.1) is 12.8 Å². The second kappa shape index (κ2) is 10.8. The number of aromatic nitrogens is 1. The van der Waals surface area contributed by atoms with E-state index in [1.807, 2.05) is 37.3 Å². The number of rotatable bonds is 6. The van der Waals surface area contributed by atoms with Crippen LogP contribution in [-0.2, 0) is 20.9 Å². The van der Waals surface area contributed by atoms with Crippen LogP contribution in [0.25, 0.3) is 0 Å². The van der Waals surface area contributed by atoms with E-state index >= 15 is 0 Å². The number of hydrogen-bond donors (Lipinski definition) is 1. The van der Waals surface area contributed by atoms with Gasteiger partial charge in [-0.25, -0.2) is 4.90 Å². The van der Waals surface area contributed by atoms with Gasteiger partial charge in [0.1, 0.15) is 17.5 Å². The van der Waals surface area contributed by atoms with Crippen LogP contribution in [0.1, 0.15) is 21.9 Å². The number of benzene rings is 3. The summed E-state index contributed by atoms with van der Waals surface area (Å²) in [4.78, 5) is 55.7. The van der Waals surface area contributed by atoms with Crippen LogP contribution in [0.2, 0.25) is 5.02 Å². The fourth-order valence-electron chi connectivity index (χ4n) is 5.34. The van der Waals surface area contributed by atoms with Crippen molar-refractivity contribution in [1.82, 2.24) is 4.57 Å². The Kier molecular flexibility index (Phi) is 7.23. The Labute approximate surface area is 248 Å². The molecule has 8 nitrogen and oxygen atoms in total. The normalized spacial score (nSPS) is 19.6. The van der Waals surface area contributed by atoms with Gasteiger partial charge in [-0.2, -0.15) is 0 Å². The minimum Gasteiger partial charge on any atom is -0.496 e. The molecule has 1 aromatic heterocycles. The lowest BCUT2D eigenvalue weighted by atomic mass is 9.82. The molecule has 3 aromatic carbocycles. The topological polar surface area (TPSA) is 97.7 Å². The van der Waals surface area contributed by atoms with Gasteiger partial charge in [0.15, 0.2) is 0 Å². The summed E-state index contributed by atoms with van der Waals surface area (Å²) in [6.45, 7) is 1.72. The summed E-state index contributed by atoms with van der Waals surface area (Å²) in [5, 5.41) is 3.03. The summed E-state index contributed by atoms with van der Waals surface area (Å²) >= 11 is 8.21. The number of thiazole rings is 1. The number of anilines is 2. The van der Waals surface area contributed by atoms with Crippen LogP contribution < -0.4 is 19.8 Å². The van der Waals surface area contributed by atoms with E-state index in [2.05, 4.69) is 5.32 Å². The van der Waals surface area contributed by atoms with Gasteiger partial charge < -0.3 is 10.1 Å². The maximum Gasteiger partial charge on any atom is 0.308 e. The van der Waals surface area contributed by atoms with Crippen LogP contribution >= 0.6 is 34.7 Å². The first-order valence-corrected chi connectivity index (χ1v) is 14.9. The standard InChI is InChI=1S/C30H24ClN3O5S2/c1-16-7-11-18(12-8-16)32-22(35)15-33-29-26(41-30(33)38)23(20-5-3-4-6-21(20)39-2)24-25(40-29)28(37)34(27(24)36)19-13-9-17(31)10-14-19/h3-14,23-25H,15H2,1-2H3,(H,32,35)/t23-,24-,25+/m0/s1. The molecule has 0 unspecified atom stereocenters. The minimum absolute atomic E-state index is 0.232. The van der Waals surface area contributed by atoms with Gasteiger partial charge in [0.05, 0.1) is 23.7 Å². The van der Waals surface area contributed by atoms with E-state index < -0.39 is 17.1 Å². The highest BCUT2D eigenvalue weighted by Gasteiger charge is 2.57. The van der Waals surface area contributed by atoms with Gasteiger partial charge in [0.2, 0.25) is 17.7 Å². The predicted molar refractivity (Wildman–Crippen MR) is 160 cm³/mol. The Morgan fingerprint density at radius 3 is 2.39 bits per heavy atom. The van der Waals surface area contributed by atoms with Crippen LogP contribution in [0.4, 0.5) is 11.4 Å². The number of hydrogen-bond acceptors (Lipinski definition) is 7. The molecule has 1 fully saturated rings. The van der Waals surface area contributed by atoms with Crippen LogP contribution in [0.5, 0.6) is 5.75 Å². The maximum absolute atomic E-state index is 14.0. The van der Waals surface area contributed by atoms with E-state index in [0.717, 1.165) is 16.9 Å². The third-order valence-electron chi connectivity index (χ3n) is 7.25. The Morgan fingerprint density at radius 1 is 0.976 bits per heavy atom. The molecule has 0 saturated carbocycles. The fourth-order valence-corrected chi connectivity index (χ4v) is 8.23. The molecule has 4 aromatic rings. The van der Waals surface area contributed by atoms with Crippen molar-refractivity contribution in [3.8, 4) is 5.75 Å². The highest BCUT2D eigenvalue weighted by Crippen LogP contribution is 2.55. The number of methoxy groups -OCH3 is 1. The molecule has 11 heteroatoms. The lowest BCUT2D eigenvalue weighted by molar-refractivity contribution is -0.122. The summed E-state index contributed by atoms with van der Waals surface area (Å²) in [7, 11) is 1.54. The van der Waals surface area contributed by atoms with Crippen molar-refractivity contribution in [2.24, 2.45) is 5.92 Å². The Bertz CT molecular complexity index is 1730. The second-order valence-corrected chi connectivity index (χ2v) is 12.4. The van der Waals surface area contributed by atoms with Gasteiger partial charge in [-0.3, -0.25) is 23.7 Å². The Hall–Kier alpha value is -3.86. The summed E-state index contributed by atoms with van der Waals surface area (Å²) in [6.07, 6.45) is 0. The highest BCUT2D eigenvalue weighted by atomic mass is 35.5. The molecule has 0 aliphatic carbocycles. The smallest absolute Gasteiger partial charge is 0.308 e. The molecular formula is C30H24ClN3O5S2. The quantitative estimate of drug-likeness (QED) is 0.299. The van der Waals surface area contributed by atoms with Gasteiger partial charge in [0, 0.05) is 27.1 Å². The number of halogens is 1. The van der Waals surface area contributed by atoms with Gasteiger partial charge >= 0.3 is 4.87 Å². The molecule has 0 bridgehead atoms. The average Bonchev–Trinajstić information content (AvgIpc) is 3.41. The second-order valence-electron chi connectivity index (χ2n) is 9.81. The molecule has 6 rings (SSSR count). The molecule has 3 heterocycles. The van der Waals surface area contributed by atoms with E-state index in [4.69, 9.17) is 16.3 Å². The fraction of sp³-hybridized carbons (Fsp3) is 0.200. The van der Waals surface area contributed by atoms with E-state index in [1.54, 1.807) is 49.6 Å². The summed E-state index contributed by atoms with van der Waals surface area (Å²) in [6, 6.07) is 21.2. The number of thioether (sulfide) groups is 1. The van der Waals surface area contributed by atoms with Gasteiger partial charge in [-0.15, -0.1) is 0 Å². The molecule has 208 valence electrons. The number of carbonyl (C=O) groups excluding carboxylic acids is 3. The monoisotopic (exact) mass is 605 g/mol. The number of aryl methyl sites for hydroxylation is 1.